The van der Waals surface area contributed by atoms with E-state index >= 15 is 0 Å². The molecule has 4 N–H and O–H groups in total. The van der Waals surface area contributed by atoms with Gasteiger partial charge in [-0.2, -0.15) is 0 Å². The number of amides is 1. The topological polar surface area (TPSA) is 80.1 Å². The summed E-state index contributed by atoms with van der Waals surface area (Å²) >= 11 is 0. The molecule has 3 rings (SSSR count). The second kappa shape index (κ2) is 7.29. The van der Waals surface area contributed by atoms with Gasteiger partial charge >= 0.3 is 0 Å². The van der Waals surface area contributed by atoms with E-state index in [-0.39, 0.29) is 24.1 Å². The summed E-state index contributed by atoms with van der Waals surface area (Å²) < 4.78 is 18.4. The highest BCUT2D eigenvalue weighted by Crippen LogP contribution is 2.20. The van der Waals surface area contributed by atoms with Crippen LogP contribution in [0.25, 0.3) is 10.9 Å². The highest BCUT2D eigenvalue weighted by Gasteiger charge is 2.35. The minimum absolute atomic E-state index is 0. The van der Waals surface area contributed by atoms with Gasteiger partial charge in [0.1, 0.15) is 5.82 Å². The first-order valence-electron chi connectivity index (χ1n) is 7.49. The molecule has 0 radical (unpaired) electrons. The molecule has 5 nitrogen and oxygen atoms in total. The molecule has 0 atom stereocenters. The number of ether oxygens (including phenoxy) is 1. The van der Waals surface area contributed by atoms with Crippen molar-refractivity contribution >= 4 is 29.2 Å². The number of aromatic amines is 1. The van der Waals surface area contributed by atoms with E-state index in [9.17, 15) is 9.18 Å². The maximum Gasteiger partial charge on any atom is 0.240 e. The van der Waals surface area contributed by atoms with Crippen LogP contribution >= 0.6 is 12.4 Å². The lowest BCUT2D eigenvalue weighted by molar-refractivity contribution is -0.129. The number of rotatable bonds is 4. The fourth-order valence-electron chi connectivity index (χ4n) is 2.81. The van der Waals surface area contributed by atoms with Gasteiger partial charge in [-0.25, -0.2) is 4.39 Å². The molecule has 1 aromatic carbocycles. The molecule has 1 aliphatic rings. The highest BCUT2D eigenvalue weighted by molar-refractivity contribution is 5.86. The van der Waals surface area contributed by atoms with Crippen LogP contribution in [0, 0.1) is 5.82 Å². The molecule has 23 heavy (non-hydrogen) atoms. The number of nitrogens with one attached hydrogen (secondary N) is 2. The zero-order valence-corrected chi connectivity index (χ0v) is 13.5. The van der Waals surface area contributed by atoms with Crippen LogP contribution in [0.3, 0.4) is 0 Å². The molecular formula is C16H21ClFN3O2. The lowest BCUT2D eigenvalue weighted by Gasteiger charge is -2.31. The quantitative estimate of drug-likeness (QED) is 0.794. The Balaban J connectivity index is 0.00000192. The largest absolute Gasteiger partial charge is 0.381 e. The number of hydrogen-bond donors (Lipinski definition) is 3. The summed E-state index contributed by atoms with van der Waals surface area (Å²) in [6.07, 6.45) is 3.61. The first kappa shape index (κ1) is 17.7. The molecule has 0 spiro atoms. The number of hydrogen-bond acceptors (Lipinski definition) is 3. The van der Waals surface area contributed by atoms with Gasteiger partial charge in [0.05, 0.1) is 5.54 Å². The average Bonchev–Trinajstić information content (AvgIpc) is 2.90. The molecule has 1 aliphatic heterocycles. The molecule has 0 unspecified atom stereocenters. The summed E-state index contributed by atoms with van der Waals surface area (Å²) in [5.74, 6) is -0.388. The van der Waals surface area contributed by atoms with Gasteiger partial charge in [0, 0.05) is 36.9 Å². The van der Waals surface area contributed by atoms with Crippen LogP contribution < -0.4 is 11.1 Å². The third-order valence-corrected chi connectivity index (χ3v) is 4.25. The van der Waals surface area contributed by atoms with Crippen LogP contribution in [0.2, 0.25) is 0 Å². The van der Waals surface area contributed by atoms with Crippen molar-refractivity contribution in [2.24, 2.45) is 5.73 Å². The first-order chi connectivity index (χ1) is 10.6. The molecule has 2 aromatic rings. The monoisotopic (exact) mass is 341 g/mol. The standard InChI is InChI=1S/C16H20FN3O2.ClH/c17-12-1-2-13-11(10-20-14(13)9-12)3-6-19-15(21)16(18)4-7-22-8-5-16;/h1-2,9-10,20H,3-8,18H2,(H,19,21);1H. The van der Waals surface area contributed by atoms with Crippen molar-refractivity contribution in [1.82, 2.24) is 10.3 Å². The first-order valence-corrected chi connectivity index (χ1v) is 7.49. The van der Waals surface area contributed by atoms with Crippen molar-refractivity contribution < 1.29 is 13.9 Å². The molecule has 0 bridgehead atoms. The van der Waals surface area contributed by atoms with Gasteiger partial charge in [-0.15, -0.1) is 12.4 Å². The Morgan fingerprint density at radius 2 is 2.13 bits per heavy atom. The zero-order chi connectivity index (χ0) is 15.6. The minimum Gasteiger partial charge on any atom is -0.381 e. The summed E-state index contributed by atoms with van der Waals surface area (Å²) in [7, 11) is 0. The van der Waals surface area contributed by atoms with Gasteiger partial charge in [0.2, 0.25) is 5.91 Å². The predicted molar refractivity (Wildman–Crippen MR) is 89.2 cm³/mol. The second-order valence-electron chi connectivity index (χ2n) is 5.78. The van der Waals surface area contributed by atoms with E-state index in [4.69, 9.17) is 10.5 Å². The van der Waals surface area contributed by atoms with Crippen LogP contribution in [0.1, 0.15) is 18.4 Å². The van der Waals surface area contributed by atoms with Crippen LogP contribution in [0.4, 0.5) is 4.39 Å². The molecular weight excluding hydrogens is 321 g/mol. The fraction of sp³-hybridized carbons (Fsp3) is 0.438. The molecule has 126 valence electrons. The van der Waals surface area contributed by atoms with Crippen LogP contribution in [0.15, 0.2) is 24.4 Å². The summed E-state index contributed by atoms with van der Waals surface area (Å²) in [6.45, 7) is 1.55. The van der Waals surface area contributed by atoms with Crippen LogP contribution in [0.5, 0.6) is 0 Å². The lowest BCUT2D eigenvalue weighted by atomic mass is 9.90. The van der Waals surface area contributed by atoms with Gasteiger partial charge < -0.3 is 20.8 Å². The fourth-order valence-corrected chi connectivity index (χ4v) is 2.81. The van der Waals surface area contributed by atoms with E-state index in [1.54, 1.807) is 6.07 Å². The minimum atomic E-state index is -0.818. The van der Waals surface area contributed by atoms with Crippen molar-refractivity contribution in [3.05, 3.63) is 35.8 Å². The molecule has 0 aliphatic carbocycles. The van der Waals surface area contributed by atoms with Crippen LogP contribution in [-0.2, 0) is 16.0 Å². The zero-order valence-electron chi connectivity index (χ0n) is 12.7. The summed E-state index contributed by atoms with van der Waals surface area (Å²) in [6, 6.07) is 4.66. The Hall–Kier alpha value is -1.63. The Morgan fingerprint density at radius 3 is 2.87 bits per heavy atom. The number of carbonyl (C=O) groups excluding carboxylic acids is 1. The number of carbonyl (C=O) groups is 1. The highest BCUT2D eigenvalue weighted by atomic mass is 35.5. The van der Waals surface area contributed by atoms with Gasteiger partial charge in [-0.1, -0.05) is 0 Å². The Bertz CT molecular complexity index is 683. The summed E-state index contributed by atoms with van der Waals surface area (Å²) in [5.41, 5.74) is 7.13. The maximum atomic E-state index is 13.2. The number of aromatic nitrogens is 1. The van der Waals surface area contributed by atoms with E-state index in [2.05, 4.69) is 10.3 Å². The van der Waals surface area contributed by atoms with Crippen molar-refractivity contribution in [2.75, 3.05) is 19.8 Å². The molecule has 0 saturated carbocycles. The molecule has 1 amide bonds. The van der Waals surface area contributed by atoms with Gasteiger partial charge in [0.15, 0.2) is 0 Å². The number of halogens is 2. The smallest absolute Gasteiger partial charge is 0.240 e. The summed E-state index contributed by atoms with van der Waals surface area (Å²) in [4.78, 5) is 15.3. The maximum absolute atomic E-state index is 13.2. The van der Waals surface area contributed by atoms with Gasteiger partial charge in [-0.05, 0) is 43.0 Å². The average molecular weight is 342 g/mol. The van der Waals surface area contributed by atoms with E-state index in [1.165, 1.54) is 12.1 Å². The van der Waals surface area contributed by atoms with Crippen molar-refractivity contribution in [1.29, 1.82) is 0 Å². The second-order valence-corrected chi connectivity index (χ2v) is 5.78. The summed E-state index contributed by atoms with van der Waals surface area (Å²) in [5, 5.41) is 3.88. The van der Waals surface area contributed by atoms with Crippen molar-refractivity contribution in [3.63, 3.8) is 0 Å². The van der Waals surface area contributed by atoms with E-state index in [1.807, 2.05) is 6.20 Å². The van der Waals surface area contributed by atoms with Crippen molar-refractivity contribution in [3.8, 4) is 0 Å². The normalized spacial score (nSPS) is 16.8. The Labute approximate surface area is 140 Å². The predicted octanol–water partition coefficient (Wildman–Crippen LogP) is 1.90. The lowest BCUT2D eigenvalue weighted by Crippen LogP contribution is -2.57. The number of nitrogens with two attached hydrogens (primary N) is 1. The van der Waals surface area contributed by atoms with Gasteiger partial charge in [-0.3, -0.25) is 4.79 Å². The Morgan fingerprint density at radius 1 is 1.39 bits per heavy atom. The molecule has 1 fully saturated rings. The van der Waals surface area contributed by atoms with E-state index < -0.39 is 5.54 Å². The van der Waals surface area contributed by atoms with Crippen LogP contribution in [-0.4, -0.2) is 36.2 Å². The molecule has 1 saturated heterocycles. The molecule has 1 aromatic heterocycles. The molecule has 7 heteroatoms. The number of benzene rings is 1. The molecule has 2 heterocycles. The third kappa shape index (κ3) is 3.83. The van der Waals surface area contributed by atoms with E-state index in [0.29, 0.717) is 39.0 Å². The number of H-pyrrole nitrogens is 1. The number of fused-ring (bicyclic) bond motifs is 1. The Kier molecular flexibility index (Phi) is 5.62. The third-order valence-electron chi connectivity index (χ3n) is 4.25. The SMILES string of the molecule is Cl.NC1(C(=O)NCCc2c[nH]c3cc(F)ccc23)CCOCC1. The van der Waals surface area contributed by atoms with Gasteiger partial charge in [0.25, 0.3) is 0 Å². The van der Waals surface area contributed by atoms with Crippen molar-refractivity contribution in [2.45, 2.75) is 24.8 Å². The van der Waals surface area contributed by atoms with E-state index in [0.717, 1.165) is 16.5 Å².